The first-order chi connectivity index (χ1) is 16.9. The number of rotatable bonds is 12. The van der Waals surface area contributed by atoms with Gasteiger partial charge in [0.05, 0.1) is 25.6 Å². The van der Waals surface area contributed by atoms with Crippen LogP contribution in [0.4, 0.5) is 0 Å². The van der Waals surface area contributed by atoms with E-state index in [1.54, 1.807) is 16.9 Å². The van der Waals surface area contributed by atoms with E-state index in [1.807, 2.05) is 90.6 Å². The molecule has 186 valence electrons. The Balaban J connectivity index is 1.88. The molecule has 0 radical (unpaired) electrons. The average molecular weight is 476 g/mol. The molecule has 0 aliphatic rings. The zero-order chi connectivity index (χ0) is 25.2. The van der Waals surface area contributed by atoms with E-state index >= 15 is 0 Å². The number of amides is 2. The summed E-state index contributed by atoms with van der Waals surface area (Å²) in [7, 11) is 3.59. The second-order valence-electron chi connectivity index (χ2n) is 9.29. The van der Waals surface area contributed by atoms with Gasteiger partial charge in [0.15, 0.2) is 0 Å². The van der Waals surface area contributed by atoms with Crippen molar-refractivity contribution in [1.82, 2.24) is 14.4 Å². The molecular weight excluding hydrogens is 438 g/mol. The first-order valence-electron chi connectivity index (χ1n) is 12.2. The van der Waals surface area contributed by atoms with Crippen LogP contribution >= 0.6 is 0 Å². The van der Waals surface area contributed by atoms with Crippen LogP contribution in [0.25, 0.3) is 0 Å². The third kappa shape index (κ3) is 7.30. The fourth-order valence-corrected chi connectivity index (χ4v) is 4.24. The van der Waals surface area contributed by atoms with Crippen LogP contribution in [0.1, 0.15) is 36.6 Å². The predicted molar refractivity (Wildman–Crippen MR) is 139 cm³/mol. The molecule has 1 aromatic heterocycles. The summed E-state index contributed by atoms with van der Waals surface area (Å²) in [6.07, 6.45) is 1.97. The number of aromatic nitrogens is 1. The van der Waals surface area contributed by atoms with Crippen molar-refractivity contribution in [3.63, 3.8) is 0 Å². The highest BCUT2D eigenvalue weighted by Crippen LogP contribution is 2.27. The van der Waals surface area contributed by atoms with Gasteiger partial charge in [-0.25, -0.2) is 0 Å². The molecule has 2 aromatic carbocycles. The number of nitrogens with zero attached hydrogens (tertiary/aromatic N) is 3. The number of benzene rings is 2. The van der Waals surface area contributed by atoms with Gasteiger partial charge in [0.2, 0.25) is 11.8 Å². The Hall–Kier alpha value is -3.38. The van der Waals surface area contributed by atoms with Crippen molar-refractivity contribution in [1.29, 1.82) is 0 Å². The molecule has 0 N–H and O–H groups in total. The number of aryl methyl sites for hydroxylation is 1. The maximum atomic E-state index is 14.0. The zero-order valence-electron chi connectivity index (χ0n) is 21.3. The van der Waals surface area contributed by atoms with Crippen molar-refractivity contribution >= 4 is 11.8 Å². The summed E-state index contributed by atoms with van der Waals surface area (Å²) >= 11 is 0. The summed E-state index contributed by atoms with van der Waals surface area (Å²) < 4.78 is 7.27. The number of hydrogen-bond donors (Lipinski definition) is 0. The minimum Gasteiger partial charge on any atom is -0.383 e. The lowest BCUT2D eigenvalue weighted by Gasteiger charge is -2.31. The van der Waals surface area contributed by atoms with Crippen molar-refractivity contribution in [3.8, 4) is 0 Å². The second-order valence-corrected chi connectivity index (χ2v) is 9.29. The molecule has 0 fully saturated rings. The van der Waals surface area contributed by atoms with Crippen molar-refractivity contribution in [3.05, 3.63) is 95.8 Å². The fourth-order valence-electron chi connectivity index (χ4n) is 4.24. The number of carbonyl (C=O) groups excluding carboxylic acids is 2. The molecule has 35 heavy (non-hydrogen) atoms. The Bertz CT molecular complexity index is 1020. The van der Waals surface area contributed by atoms with Gasteiger partial charge in [-0.3, -0.25) is 9.59 Å². The van der Waals surface area contributed by atoms with Crippen molar-refractivity contribution < 1.29 is 14.3 Å². The highest BCUT2D eigenvalue weighted by atomic mass is 16.5. The summed E-state index contributed by atoms with van der Waals surface area (Å²) in [5.74, 6) is -0.393. The Morgan fingerprint density at radius 3 is 1.97 bits per heavy atom. The summed E-state index contributed by atoms with van der Waals surface area (Å²) in [6, 6.07) is 23.6. The summed E-state index contributed by atoms with van der Waals surface area (Å²) in [4.78, 5) is 31.1. The van der Waals surface area contributed by atoms with Crippen LogP contribution in [0.3, 0.4) is 0 Å². The molecule has 0 saturated heterocycles. The number of hydrogen-bond acceptors (Lipinski definition) is 3. The molecule has 2 amide bonds. The van der Waals surface area contributed by atoms with Gasteiger partial charge in [0.25, 0.3) is 0 Å². The summed E-state index contributed by atoms with van der Waals surface area (Å²) in [5.41, 5.74) is 2.87. The normalized spacial score (nSPS) is 11.1. The fraction of sp³-hybridized carbons (Fsp3) is 0.379. The van der Waals surface area contributed by atoms with E-state index in [-0.39, 0.29) is 24.3 Å². The van der Waals surface area contributed by atoms with Gasteiger partial charge in [-0.05, 0) is 29.2 Å². The Kier molecular flexibility index (Phi) is 9.67. The SMILES string of the molecule is COCCN(Cc1cccn1C)C(=O)CN(CC(C)C)C(=O)C(c1ccccc1)c1ccccc1. The largest absolute Gasteiger partial charge is 0.383 e. The third-order valence-corrected chi connectivity index (χ3v) is 6.06. The van der Waals surface area contributed by atoms with Crippen LogP contribution in [0.5, 0.6) is 0 Å². The second kappa shape index (κ2) is 12.9. The Morgan fingerprint density at radius 2 is 1.49 bits per heavy atom. The van der Waals surface area contributed by atoms with Gasteiger partial charge in [-0.15, -0.1) is 0 Å². The van der Waals surface area contributed by atoms with E-state index in [9.17, 15) is 9.59 Å². The zero-order valence-corrected chi connectivity index (χ0v) is 21.3. The predicted octanol–water partition coefficient (Wildman–Crippen LogP) is 4.32. The molecule has 3 rings (SSSR count). The third-order valence-electron chi connectivity index (χ3n) is 6.06. The van der Waals surface area contributed by atoms with E-state index in [2.05, 4.69) is 13.8 Å². The standard InChI is InChI=1S/C29H37N3O3/c1-23(2)20-32(22-27(33)31(18-19-35-4)21-26-16-11-17-30(26)3)29(34)28(24-12-7-5-8-13-24)25-14-9-6-10-15-25/h5-17,23,28H,18-22H2,1-4H3. The molecule has 6 heteroatoms. The maximum absolute atomic E-state index is 14.0. The smallest absolute Gasteiger partial charge is 0.242 e. The van der Waals surface area contributed by atoms with Crippen molar-refractivity contribution in [2.45, 2.75) is 26.3 Å². The molecule has 0 atom stereocenters. The van der Waals surface area contributed by atoms with E-state index in [1.165, 1.54) is 0 Å². The molecule has 0 aliphatic carbocycles. The highest BCUT2D eigenvalue weighted by molar-refractivity contribution is 5.91. The number of methoxy groups -OCH3 is 1. The van der Waals surface area contributed by atoms with Crippen molar-refractivity contribution in [2.24, 2.45) is 13.0 Å². The molecular formula is C29H37N3O3. The van der Waals surface area contributed by atoms with E-state index in [4.69, 9.17) is 4.74 Å². The van der Waals surface area contributed by atoms with E-state index in [0.717, 1.165) is 16.8 Å². The molecule has 1 heterocycles. The lowest BCUT2D eigenvalue weighted by Crippen LogP contribution is -2.46. The van der Waals surface area contributed by atoms with Gasteiger partial charge in [0.1, 0.15) is 0 Å². The maximum Gasteiger partial charge on any atom is 0.242 e. The molecule has 3 aromatic rings. The quantitative estimate of drug-likeness (QED) is 0.392. The molecule has 0 aliphatic heterocycles. The molecule has 0 saturated carbocycles. The first-order valence-corrected chi connectivity index (χ1v) is 12.2. The van der Waals surface area contributed by atoms with Crippen LogP contribution in [0.2, 0.25) is 0 Å². The average Bonchev–Trinajstić information content (AvgIpc) is 3.26. The van der Waals surface area contributed by atoms with E-state index in [0.29, 0.717) is 26.2 Å². The van der Waals surface area contributed by atoms with Gasteiger partial charge in [-0.2, -0.15) is 0 Å². The first kappa shape index (κ1) is 26.2. The Labute approximate surface area is 209 Å². The number of carbonyl (C=O) groups is 2. The lowest BCUT2D eigenvalue weighted by atomic mass is 9.89. The van der Waals surface area contributed by atoms with Crippen LogP contribution < -0.4 is 0 Å². The monoisotopic (exact) mass is 475 g/mol. The summed E-state index contributed by atoms with van der Waals surface area (Å²) in [6.45, 7) is 6.03. The van der Waals surface area contributed by atoms with Crippen LogP contribution in [0.15, 0.2) is 79.0 Å². The minimum atomic E-state index is -0.468. The van der Waals surface area contributed by atoms with Crippen LogP contribution in [-0.2, 0) is 27.9 Å². The van der Waals surface area contributed by atoms with Crippen LogP contribution in [-0.4, -0.2) is 59.5 Å². The van der Waals surface area contributed by atoms with Gasteiger partial charge in [-0.1, -0.05) is 74.5 Å². The molecule has 0 unspecified atom stereocenters. The minimum absolute atomic E-state index is 0.0291. The van der Waals surface area contributed by atoms with Gasteiger partial charge >= 0.3 is 0 Å². The van der Waals surface area contributed by atoms with Crippen LogP contribution in [0, 0.1) is 5.92 Å². The van der Waals surface area contributed by atoms with Crippen molar-refractivity contribution in [2.75, 3.05) is 33.4 Å². The van der Waals surface area contributed by atoms with E-state index < -0.39 is 5.92 Å². The molecule has 0 bridgehead atoms. The van der Waals surface area contributed by atoms with Gasteiger partial charge < -0.3 is 19.1 Å². The number of ether oxygens (including phenoxy) is 1. The molecule has 0 spiro atoms. The summed E-state index contributed by atoms with van der Waals surface area (Å²) in [5, 5.41) is 0. The lowest BCUT2D eigenvalue weighted by molar-refractivity contribution is -0.142. The highest BCUT2D eigenvalue weighted by Gasteiger charge is 2.30. The molecule has 6 nitrogen and oxygen atoms in total. The van der Waals surface area contributed by atoms with Gasteiger partial charge in [0, 0.05) is 39.1 Å². The topological polar surface area (TPSA) is 54.8 Å². The Morgan fingerprint density at radius 1 is 0.886 bits per heavy atom.